The van der Waals surface area contributed by atoms with Crippen molar-refractivity contribution < 1.29 is 4.42 Å². The molecule has 0 saturated heterocycles. The van der Waals surface area contributed by atoms with Crippen molar-refractivity contribution in [3.8, 4) is 0 Å². The largest absolute Gasteiger partial charge is 0.472 e. The third kappa shape index (κ3) is 1.64. The summed E-state index contributed by atoms with van der Waals surface area (Å²) in [6.07, 6.45) is 5.24. The van der Waals surface area contributed by atoms with Gasteiger partial charge in [-0.2, -0.15) is 5.10 Å². The lowest BCUT2D eigenvalue weighted by Crippen LogP contribution is -2.00. The zero-order valence-electron chi connectivity index (χ0n) is 8.32. The van der Waals surface area contributed by atoms with E-state index in [-0.39, 0.29) is 0 Å². The van der Waals surface area contributed by atoms with Gasteiger partial charge in [0.15, 0.2) is 0 Å². The molecule has 0 aliphatic rings. The fraction of sp³-hybridized carbons (Fsp3) is 0.300. The van der Waals surface area contributed by atoms with Crippen molar-refractivity contribution in [2.45, 2.75) is 13.5 Å². The number of anilines is 1. The molecular formula is C10H13N3O. The molecule has 0 radical (unpaired) electrons. The van der Waals surface area contributed by atoms with Gasteiger partial charge in [-0.3, -0.25) is 4.68 Å². The quantitative estimate of drug-likeness (QED) is 0.806. The molecule has 0 unspecified atom stereocenters. The molecule has 0 spiro atoms. The molecule has 4 nitrogen and oxygen atoms in total. The molecular weight excluding hydrogens is 178 g/mol. The number of furan rings is 1. The predicted molar refractivity (Wildman–Crippen MR) is 54.0 cm³/mol. The maximum absolute atomic E-state index is 4.98. The van der Waals surface area contributed by atoms with Gasteiger partial charge in [-0.05, 0) is 13.0 Å². The first-order valence-electron chi connectivity index (χ1n) is 4.51. The van der Waals surface area contributed by atoms with Crippen LogP contribution in [-0.2, 0) is 13.6 Å². The summed E-state index contributed by atoms with van der Waals surface area (Å²) in [5, 5.41) is 7.44. The van der Waals surface area contributed by atoms with Gasteiger partial charge in [0.2, 0.25) is 0 Å². The van der Waals surface area contributed by atoms with Gasteiger partial charge >= 0.3 is 0 Å². The van der Waals surface area contributed by atoms with Crippen LogP contribution in [0.1, 0.15) is 11.3 Å². The second-order valence-corrected chi connectivity index (χ2v) is 3.25. The summed E-state index contributed by atoms with van der Waals surface area (Å²) in [5.41, 5.74) is 3.33. The van der Waals surface area contributed by atoms with E-state index >= 15 is 0 Å². The van der Waals surface area contributed by atoms with Gasteiger partial charge in [-0.25, -0.2) is 0 Å². The lowest BCUT2D eigenvalue weighted by atomic mass is 10.3. The summed E-state index contributed by atoms with van der Waals surface area (Å²) >= 11 is 0. The lowest BCUT2D eigenvalue weighted by Gasteiger charge is -2.02. The molecule has 0 aliphatic carbocycles. The minimum absolute atomic E-state index is 0.767. The first-order valence-corrected chi connectivity index (χ1v) is 4.51. The molecule has 1 N–H and O–H groups in total. The van der Waals surface area contributed by atoms with Crippen LogP contribution in [0.2, 0.25) is 0 Å². The number of aromatic nitrogens is 2. The number of hydrogen-bond donors (Lipinski definition) is 1. The Balaban J connectivity index is 2.02. The van der Waals surface area contributed by atoms with Gasteiger partial charge in [0.1, 0.15) is 0 Å². The molecule has 0 bridgehead atoms. The summed E-state index contributed by atoms with van der Waals surface area (Å²) in [5.74, 6) is 0. The van der Waals surface area contributed by atoms with Crippen molar-refractivity contribution in [3.05, 3.63) is 36.0 Å². The van der Waals surface area contributed by atoms with E-state index in [1.165, 1.54) is 0 Å². The van der Waals surface area contributed by atoms with Crippen LogP contribution in [0.3, 0.4) is 0 Å². The summed E-state index contributed by atoms with van der Waals surface area (Å²) in [7, 11) is 1.93. The molecule has 0 fully saturated rings. The first-order chi connectivity index (χ1) is 6.77. The zero-order valence-corrected chi connectivity index (χ0v) is 8.32. The molecule has 0 amide bonds. The van der Waals surface area contributed by atoms with Crippen molar-refractivity contribution in [1.82, 2.24) is 9.78 Å². The van der Waals surface area contributed by atoms with Crippen LogP contribution in [-0.4, -0.2) is 9.78 Å². The summed E-state index contributed by atoms with van der Waals surface area (Å²) in [4.78, 5) is 0. The standard InChI is InChI=1S/C10H13N3O/c1-8-10(6-12-13(8)2)11-5-9-3-4-14-7-9/h3-4,6-7,11H,5H2,1-2H3. The number of nitrogens with one attached hydrogen (secondary N) is 1. The van der Waals surface area contributed by atoms with Gasteiger partial charge in [0.05, 0.1) is 30.1 Å². The predicted octanol–water partition coefficient (Wildman–Crippen LogP) is 1.93. The smallest absolute Gasteiger partial charge is 0.0952 e. The Bertz CT molecular complexity index is 403. The van der Waals surface area contributed by atoms with E-state index in [4.69, 9.17) is 4.42 Å². The van der Waals surface area contributed by atoms with Crippen LogP contribution >= 0.6 is 0 Å². The Morgan fingerprint density at radius 2 is 2.43 bits per heavy atom. The molecule has 2 rings (SSSR count). The van der Waals surface area contributed by atoms with E-state index in [0.717, 1.165) is 23.5 Å². The molecule has 4 heteroatoms. The van der Waals surface area contributed by atoms with Crippen LogP contribution in [0.5, 0.6) is 0 Å². The minimum atomic E-state index is 0.767. The van der Waals surface area contributed by atoms with Crippen molar-refractivity contribution in [2.24, 2.45) is 7.05 Å². The molecule has 2 heterocycles. The third-order valence-electron chi connectivity index (χ3n) is 2.30. The third-order valence-corrected chi connectivity index (χ3v) is 2.30. The second kappa shape index (κ2) is 3.57. The van der Waals surface area contributed by atoms with Crippen LogP contribution in [0.4, 0.5) is 5.69 Å². The Labute approximate surface area is 82.5 Å². The Kier molecular flexibility index (Phi) is 2.26. The van der Waals surface area contributed by atoms with Crippen molar-refractivity contribution in [2.75, 3.05) is 5.32 Å². The summed E-state index contributed by atoms with van der Waals surface area (Å²) in [6, 6.07) is 1.94. The molecule has 74 valence electrons. The van der Waals surface area contributed by atoms with Crippen molar-refractivity contribution >= 4 is 5.69 Å². The highest BCUT2D eigenvalue weighted by Gasteiger charge is 2.02. The number of hydrogen-bond acceptors (Lipinski definition) is 3. The molecule has 0 atom stereocenters. The Morgan fingerprint density at radius 3 is 3.00 bits per heavy atom. The number of aryl methyl sites for hydroxylation is 1. The van der Waals surface area contributed by atoms with Crippen molar-refractivity contribution in [3.63, 3.8) is 0 Å². The molecule has 2 aromatic heterocycles. The fourth-order valence-corrected chi connectivity index (χ4v) is 1.26. The van der Waals surface area contributed by atoms with E-state index in [2.05, 4.69) is 10.4 Å². The van der Waals surface area contributed by atoms with E-state index in [0.29, 0.717) is 0 Å². The number of nitrogens with zero attached hydrogens (tertiary/aromatic N) is 2. The van der Waals surface area contributed by atoms with E-state index < -0.39 is 0 Å². The lowest BCUT2D eigenvalue weighted by molar-refractivity contribution is 0.564. The Morgan fingerprint density at radius 1 is 1.57 bits per heavy atom. The van der Waals surface area contributed by atoms with Crippen LogP contribution < -0.4 is 5.32 Å². The average Bonchev–Trinajstić information content (AvgIpc) is 2.77. The molecule has 0 saturated carbocycles. The minimum Gasteiger partial charge on any atom is -0.472 e. The van der Waals surface area contributed by atoms with E-state index in [1.807, 2.05) is 30.9 Å². The van der Waals surface area contributed by atoms with Crippen LogP contribution in [0.15, 0.2) is 29.2 Å². The average molecular weight is 191 g/mol. The molecule has 0 aliphatic heterocycles. The van der Waals surface area contributed by atoms with E-state index in [1.54, 1.807) is 12.5 Å². The monoisotopic (exact) mass is 191 g/mol. The van der Waals surface area contributed by atoms with Gasteiger partial charge < -0.3 is 9.73 Å². The first kappa shape index (κ1) is 8.87. The van der Waals surface area contributed by atoms with Gasteiger partial charge in [0, 0.05) is 19.2 Å². The highest BCUT2D eigenvalue weighted by molar-refractivity contribution is 5.45. The van der Waals surface area contributed by atoms with Crippen molar-refractivity contribution in [1.29, 1.82) is 0 Å². The normalized spacial score (nSPS) is 10.4. The highest BCUT2D eigenvalue weighted by atomic mass is 16.3. The second-order valence-electron chi connectivity index (χ2n) is 3.25. The van der Waals surface area contributed by atoms with Gasteiger partial charge in [-0.1, -0.05) is 0 Å². The maximum atomic E-state index is 4.98. The van der Waals surface area contributed by atoms with Gasteiger partial charge in [-0.15, -0.1) is 0 Å². The molecule has 0 aromatic carbocycles. The summed E-state index contributed by atoms with van der Waals surface area (Å²) in [6.45, 7) is 2.80. The summed E-state index contributed by atoms with van der Waals surface area (Å²) < 4.78 is 6.82. The Hall–Kier alpha value is -1.71. The van der Waals surface area contributed by atoms with Crippen LogP contribution in [0, 0.1) is 6.92 Å². The fourth-order valence-electron chi connectivity index (χ4n) is 1.26. The maximum Gasteiger partial charge on any atom is 0.0952 e. The SMILES string of the molecule is Cc1c(NCc2ccoc2)cnn1C. The van der Waals surface area contributed by atoms with Gasteiger partial charge in [0.25, 0.3) is 0 Å². The van der Waals surface area contributed by atoms with Crippen LogP contribution in [0.25, 0.3) is 0 Å². The van der Waals surface area contributed by atoms with E-state index in [9.17, 15) is 0 Å². The zero-order chi connectivity index (χ0) is 9.97. The highest BCUT2D eigenvalue weighted by Crippen LogP contribution is 2.13. The molecule has 14 heavy (non-hydrogen) atoms. The molecule has 2 aromatic rings. The topological polar surface area (TPSA) is 43.0 Å². The number of rotatable bonds is 3.